The molecule has 2 amide bonds. The molecule has 1 aromatic heterocycles. The lowest BCUT2D eigenvalue weighted by atomic mass is 9.95. The zero-order valence-corrected chi connectivity index (χ0v) is 11.7. The number of rotatable bonds is 2. The Hall–Kier alpha value is -2.18. The van der Waals surface area contributed by atoms with E-state index in [-0.39, 0.29) is 17.9 Å². The maximum atomic E-state index is 12.1. The highest BCUT2D eigenvalue weighted by Gasteiger charge is 2.56. The number of hydroxylamine groups is 1. The molecule has 2 fully saturated rings. The number of fused-ring (bicyclic) bond motifs is 1. The van der Waals surface area contributed by atoms with E-state index < -0.39 is 12.0 Å². The van der Waals surface area contributed by atoms with Crippen molar-refractivity contribution in [3.05, 3.63) is 52.7 Å². The van der Waals surface area contributed by atoms with Crippen molar-refractivity contribution in [1.82, 2.24) is 5.32 Å². The summed E-state index contributed by atoms with van der Waals surface area (Å²) in [6.45, 7) is 0. The summed E-state index contributed by atoms with van der Waals surface area (Å²) in [4.78, 5) is 30.8. The Bertz CT molecular complexity index is 686. The van der Waals surface area contributed by atoms with Crippen molar-refractivity contribution in [2.24, 2.45) is 5.92 Å². The number of benzene rings is 1. The second-order valence-corrected chi connectivity index (χ2v) is 6.01. The van der Waals surface area contributed by atoms with Crippen molar-refractivity contribution in [3.8, 4) is 0 Å². The van der Waals surface area contributed by atoms with Gasteiger partial charge in [0.1, 0.15) is 12.0 Å². The number of carbonyl (C=O) groups excluding carboxylic acids is 2. The Kier molecular flexibility index (Phi) is 2.80. The minimum absolute atomic E-state index is 0.262. The summed E-state index contributed by atoms with van der Waals surface area (Å²) in [6.07, 6.45) is -0.746. The summed E-state index contributed by atoms with van der Waals surface area (Å²) >= 11 is 1.56. The maximum absolute atomic E-state index is 12.1. The number of carbonyl (C=O) groups is 2. The van der Waals surface area contributed by atoms with Crippen molar-refractivity contribution in [1.29, 1.82) is 0 Å². The monoisotopic (exact) mass is 300 g/mol. The summed E-state index contributed by atoms with van der Waals surface area (Å²) in [7, 11) is 0. The van der Waals surface area contributed by atoms with Gasteiger partial charge in [0, 0.05) is 4.88 Å². The van der Waals surface area contributed by atoms with E-state index >= 15 is 0 Å². The van der Waals surface area contributed by atoms with Crippen LogP contribution in [0.4, 0.5) is 5.69 Å². The predicted octanol–water partition coefficient (Wildman–Crippen LogP) is 1.88. The van der Waals surface area contributed by atoms with Crippen molar-refractivity contribution in [2.45, 2.75) is 12.1 Å². The fourth-order valence-corrected chi connectivity index (χ4v) is 3.73. The van der Waals surface area contributed by atoms with Gasteiger partial charge in [-0.15, -0.1) is 11.3 Å². The molecule has 2 saturated heterocycles. The predicted molar refractivity (Wildman–Crippen MR) is 77.5 cm³/mol. The van der Waals surface area contributed by atoms with Crippen LogP contribution in [0.5, 0.6) is 0 Å². The van der Waals surface area contributed by atoms with Crippen molar-refractivity contribution >= 4 is 28.8 Å². The number of hydrogen-bond donors (Lipinski definition) is 1. The molecule has 2 aliphatic heterocycles. The van der Waals surface area contributed by atoms with Gasteiger partial charge in [-0.2, -0.15) is 0 Å². The molecular formula is C15H12N2O3S. The molecule has 5 nitrogen and oxygen atoms in total. The van der Waals surface area contributed by atoms with Gasteiger partial charge in [0.25, 0.3) is 5.91 Å². The van der Waals surface area contributed by atoms with Gasteiger partial charge in [0.05, 0.1) is 5.69 Å². The Labute approximate surface area is 125 Å². The molecule has 2 aromatic rings. The number of amides is 2. The van der Waals surface area contributed by atoms with Gasteiger partial charge in [-0.1, -0.05) is 24.3 Å². The molecule has 0 aliphatic carbocycles. The van der Waals surface area contributed by atoms with Crippen LogP contribution in [0.2, 0.25) is 0 Å². The third-order valence-electron chi connectivity index (χ3n) is 3.80. The number of thiophene rings is 1. The first-order valence-electron chi connectivity index (χ1n) is 6.65. The van der Waals surface area contributed by atoms with E-state index in [0.717, 1.165) is 10.6 Å². The van der Waals surface area contributed by atoms with Crippen LogP contribution in [0, 0.1) is 5.92 Å². The fraction of sp³-hybridized carbons (Fsp3) is 0.200. The van der Waals surface area contributed by atoms with Gasteiger partial charge in [-0.05, 0) is 23.6 Å². The SMILES string of the molecule is O=C1NC(=O)[C@H]2ON(c3ccccc3)[C@H](c3cccs3)[C@H]12. The van der Waals surface area contributed by atoms with E-state index in [0.29, 0.717) is 0 Å². The molecule has 1 aromatic carbocycles. The zero-order chi connectivity index (χ0) is 14.4. The van der Waals surface area contributed by atoms with Crippen LogP contribution in [0.3, 0.4) is 0 Å². The Balaban J connectivity index is 1.80. The summed E-state index contributed by atoms with van der Waals surface area (Å²) in [5.41, 5.74) is 0.839. The molecule has 0 radical (unpaired) electrons. The minimum atomic E-state index is -0.746. The normalized spacial score (nSPS) is 27.8. The molecule has 106 valence electrons. The van der Waals surface area contributed by atoms with E-state index in [1.54, 1.807) is 16.4 Å². The average molecular weight is 300 g/mol. The lowest BCUT2D eigenvalue weighted by Crippen LogP contribution is -2.32. The number of nitrogens with one attached hydrogen (secondary N) is 1. The third-order valence-corrected chi connectivity index (χ3v) is 4.74. The average Bonchev–Trinajstić information content (AvgIpc) is 3.19. The summed E-state index contributed by atoms with van der Waals surface area (Å²) in [6, 6.07) is 13.2. The van der Waals surface area contributed by atoms with Gasteiger partial charge < -0.3 is 0 Å². The molecule has 1 N–H and O–H groups in total. The van der Waals surface area contributed by atoms with E-state index in [9.17, 15) is 9.59 Å². The molecule has 3 heterocycles. The topological polar surface area (TPSA) is 58.6 Å². The first-order chi connectivity index (χ1) is 10.3. The van der Waals surface area contributed by atoms with E-state index in [1.807, 2.05) is 47.8 Å². The van der Waals surface area contributed by atoms with Crippen LogP contribution in [0.1, 0.15) is 10.9 Å². The lowest BCUT2D eigenvalue weighted by molar-refractivity contribution is -0.129. The molecule has 0 saturated carbocycles. The lowest BCUT2D eigenvalue weighted by Gasteiger charge is -2.25. The van der Waals surface area contributed by atoms with Gasteiger partial charge in [-0.25, -0.2) is 5.06 Å². The zero-order valence-electron chi connectivity index (χ0n) is 10.9. The molecule has 0 bridgehead atoms. The number of anilines is 1. The molecular weight excluding hydrogens is 288 g/mol. The second kappa shape index (κ2) is 4.68. The first kappa shape index (κ1) is 12.6. The number of imide groups is 1. The van der Waals surface area contributed by atoms with Gasteiger partial charge in [0.2, 0.25) is 5.91 Å². The van der Waals surface area contributed by atoms with E-state index in [4.69, 9.17) is 4.84 Å². The van der Waals surface area contributed by atoms with Gasteiger partial charge in [-0.3, -0.25) is 19.7 Å². The smallest absolute Gasteiger partial charge is 0.259 e. The molecule has 21 heavy (non-hydrogen) atoms. The Morgan fingerprint density at radius 1 is 1.05 bits per heavy atom. The minimum Gasteiger partial charge on any atom is -0.294 e. The van der Waals surface area contributed by atoms with Crippen molar-refractivity contribution in [2.75, 3.05) is 5.06 Å². The molecule has 0 spiro atoms. The number of para-hydroxylation sites is 1. The highest BCUT2D eigenvalue weighted by Crippen LogP contribution is 2.45. The van der Waals surface area contributed by atoms with Crippen LogP contribution >= 0.6 is 11.3 Å². The first-order valence-corrected chi connectivity index (χ1v) is 7.53. The third kappa shape index (κ3) is 1.87. The van der Waals surface area contributed by atoms with Crippen molar-refractivity contribution < 1.29 is 14.4 Å². The number of nitrogens with zero attached hydrogens (tertiary/aromatic N) is 1. The molecule has 6 heteroatoms. The molecule has 3 atom stereocenters. The van der Waals surface area contributed by atoms with E-state index in [1.165, 1.54) is 0 Å². The Morgan fingerprint density at radius 3 is 2.57 bits per heavy atom. The Morgan fingerprint density at radius 2 is 1.86 bits per heavy atom. The highest BCUT2D eigenvalue weighted by atomic mass is 32.1. The van der Waals surface area contributed by atoms with Gasteiger partial charge in [0.15, 0.2) is 6.10 Å². The second-order valence-electron chi connectivity index (χ2n) is 5.03. The summed E-state index contributed by atoms with van der Waals surface area (Å²) in [5.74, 6) is -1.12. The summed E-state index contributed by atoms with van der Waals surface area (Å²) < 4.78 is 0. The maximum Gasteiger partial charge on any atom is 0.259 e. The molecule has 2 aliphatic rings. The highest BCUT2D eigenvalue weighted by molar-refractivity contribution is 7.10. The summed E-state index contributed by atoms with van der Waals surface area (Å²) in [5, 5.41) is 6.01. The van der Waals surface area contributed by atoms with Crippen LogP contribution in [0.25, 0.3) is 0 Å². The molecule has 0 unspecified atom stereocenters. The van der Waals surface area contributed by atoms with E-state index in [2.05, 4.69) is 5.32 Å². The van der Waals surface area contributed by atoms with Crippen molar-refractivity contribution in [3.63, 3.8) is 0 Å². The quantitative estimate of drug-likeness (QED) is 0.860. The largest absolute Gasteiger partial charge is 0.294 e. The molecule has 4 rings (SSSR count). The van der Waals surface area contributed by atoms with Crippen LogP contribution in [0.15, 0.2) is 47.8 Å². The van der Waals surface area contributed by atoms with Crippen LogP contribution < -0.4 is 10.4 Å². The van der Waals surface area contributed by atoms with Gasteiger partial charge >= 0.3 is 0 Å². The van der Waals surface area contributed by atoms with Crippen LogP contribution in [-0.2, 0) is 14.4 Å². The van der Waals surface area contributed by atoms with Crippen LogP contribution in [-0.4, -0.2) is 17.9 Å². The standard InChI is InChI=1S/C15H12N2O3S/c18-14-11-12(10-7-4-8-21-10)17(9-5-2-1-3-6-9)20-13(11)15(19)16-14/h1-8,11-13H,(H,16,18,19)/t11-,12+,13-/m0/s1. The fourth-order valence-electron chi connectivity index (χ4n) is 2.88. The number of hydrogen-bond acceptors (Lipinski definition) is 5.